The fourth-order valence-electron chi connectivity index (χ4n) is 2.87. The van der Waals surface area contributed by atoms with Crippen molar-refractivity contribution in [3.05, 3.63) is 26.2 Å². The van der Waals surface area contributed by atoms with Crippen LogP contribution in [0.15, 0.2) is 6.20 Å². The minimum Gasteiger partial charge on any atom is -0.482 e. The molecule has 0 amide bonds. The summed E-state index contributed by atoms with van der Waals surface area (Å²) in [5.41, 5.74) is 0.890. The van der Waals surface area contributed by atoms with Crippen LogP contribution in [0, 0.1) is 20.7 Å². The fourth-order valence-corrected chi connectivity index (χ4v) is 3.86. The Morgan fingerprint density at radius 2 is 2.30 bits per heavy atom. The second-order valence-electron chi connectivity index (χ2n) is 5.80. The number of nitrogens with one attached hydrogen (secondary N) is 1. The molecule has 0 radical (unpaired) electrons. The maximum Gasteiger partial charge on any atom is 0.163 e. The lowest BCUT2D eigenvalue weighted by molar-refractivity contribution is 0.183. The third kappa shape index (κ3) is 2.11. The quantitative estimate of drug-likeness (QED) is 0.682. The van der Waals surface area contributed by atoms with E-state index in [1.54, 1.807) is 13.2 Å². The first kappa shape index (κ1) is 15.0. The molecule has 4 rings (SSSR count). The van der Waals surface area contributed by atoms with Crippen molar-refractivity contribution >= 4 is 39.9 Å². The Hall–Kier alpha value is -1.53. The van der Waals surface area contributed by atoms with Crippen LogP contribution >= 0.6 is 34.2 Å². The highest BCUT2D eigenvalue weighted by Crippen LogP contribution is 2.52. The Morgan fingerprint density at radius 1 is 1.57 bits per heavy atom. The van der Waals surface area contributed by atoms with Crippen LogP contribution in [0.2, 0.25) is 5.02 Å². The summed E-state index contributed by atoms with van der Waals surface area (Å²) in [7, 11) is 1.70. The van der Waals surface area contributed by atoms with Crippen molar-refractivity contribution in [3.8, 4) is 23.1 Å². The molecule has 0 unspecified atom stereocenters. The molecule has 0 saturated heterocycles. The average molecular weight is 445 g/mol. The summed E-state index contributed by atoms with van der Waals surface area (Å²) in [4.78, 5) is 0. The Balaban J connectivity index is 2.04. The van der Waals surface area contributed by atoms with Gasteiger partial charge in [0.05, 0.1) is 27.6 Å². The van der Waals surface area contributed by atoms with E-state index in [1.807, 2.05) is 0 Å². The SMILES string of the molecule is Cn1ncc(I)c1-c1c(F)c(Cl)c2c(c1C#N)OC1(CC1)CN2. The number of rotatable bonds is 1. The van der Waals surface area contributed by atoms with Gasteiger partial charge in [-0.3, -0.25) is 4.68 Å². The van der Waals surface area contributed by atoms with Crippen LogP contribution in [-0.4, -0.2) is 21.9 Å². The van der Waals surface area contributed by atoms with E-state index in [-0.39, 0.29) is 21.8 Å². The second kappa shape index (κ2) is 4.98. The van der Waals surface area contributed by atoms with Crippen LogP contribution in [0.1, 0.15) is 18.4 Å². The van der Waals surface area contributed by atoms with Gasteiger partial charge in [-0.25, -0.2) is 4.39 Å². The topological polar surface area (TPSA) is 62.9 Å². The molecule has 1 aromatic carbocycles. The molecule has 23 heavy (non-hydrogen) atoms. The maximum atomic E-state index is 14.9. The zero-order chi connectivity index (χ0) is 16.4. The van der Waals surface area contributed by atoms with Gasteiger partial charge in [0.25, 0.3) is 0 Å². The molecule has 8 heteroatoms. The molecule has 1 fully saturated rings. The molecule has 118 valence electrons. The smallest absolute Gasteiger partial charge is 0.163 e. The number of aryl methyl sites for hydroxylation is 1. The predicted molar refractivity (Wildman–Crippen MR) is 92.1 cm³/mol. The van der Waals surface area contributed by atoms with Gasteiger partial charge in [-0.05, 0) is 35.4 Å². The number of hydrogen-bond donors (Lipinski definition) is 1. The third-order valence-corrected chi connectivity index (χ3v) is 5.44. The molecule has 2 aliphatic rings. The number of anilines is 1. The van der Waals surface area contributed by atoms with Crippen molar-refractivity contribution in [2.45, 2.75) is 18.4 Å². The first-order chi connectivity index (χ1) is 11.0. The number of hydrogen-bond acceptors (Lipinski definition) is 4. The molecule has 1 aromatic heterocycles. The number of nitrogens with zero attached hydrogens (tertiary/aromatic N) is 3. The van der Waals surface area contributed by atoms with Crippen LogP contribution in [-0.2, 0) is 7.05 Å². The predicted octanol–water partition coefficient (Wildman–Crippen LogP) is 3.69. The molecule has 1 aliphatic carbocycles. The number of aromatic nitrogens is 2. The van der Waals surface area contributed by atoms with E-state index in [0.29, 0.717) is 23.7 Å². The van der Waals surface area contributed by atoms with Gasteiger partial charge in [-0.2, -0.15) is 10.4 Å². The lowest BCUT2D eigenvalue weighted by Crippen LogP contribution is -2.33. The molecule has 2 heterocycles. The summed E-state index contributed by atoms with van der Waals surface area (Å²) in [6.07, 6.45) is 3.45. The molecular weight excluding hydrogens is 434 g/mol. The van der Waals surface area contributed by atoms with Crippen molar-refractivity contribution in [1.29, 1.82) is 5.26 Å². The molecule has 5 nitrogen and oxygen atoms in total. The van der Waals surface area contributed by atoms with Crippen LogP contribution in [0.5, 0.6) is 5.75 Å². The first-order valence-corrected chi connectivity index (χ1v) is 8.49. The second-order valence-corrected chi connectivity index (χ2v) is 7.34. The zero-order valence-corrected chi connectivity index (χ0v) is 15.0. The molecular formula is C15H11ClFIN4O. The van der Waals surface area contributed by atoms with E-state index >= 15 is 0 Å². The largest absolute Gasteiger partial charge is 0.482 e. The monoisotopic (exact) mass is 444 g/mol. The number of benzene rings is 1. The van der Waals surface area contributed by atoms with E-state index in [4.69, 9.17) is 16.3 Å². The molecule has 1 aliphatic heterocycles. The summed E-state index contributed by atoms with van der Waals surface area (Å²) in [6, 6.07) is 2.09. The number of ether oxygens (including phenoxy) is 1. The van der Waals surface area contributed by atoms with Crippen molar-refractivity contribution in [2.24, 2.45) is 7.05 Å². The van der Waals surface area contributed by atoms with Crippen LogP contribution < -0.4 is 10.1 Å². The number of fused-ring (bicyclic) bond motifs is 1. The average Bonchev–Trinajstić information content (AvgIpc) is 3.20. The van der Waals surface area contributed by atoms with Gasteiger partial charge in [-0.15, -0.1) is 0 Å². The van der Waals surface area contributed by atoms with Gasteiger partial charge in [0, 0.05) is 7.05 Å². The lowest BCUT2D eigenvalue weighted by atomic mass is 10.0. The molecule has 0 atom stereocenters. The Kier molecular flexibility index (Phi) is 3.25. The van der Waals surface area contributed by atoms with Crippen molar-refractivity contribution in [1.82, 2.24) is 9.78 Å². The van der Waals surface area contributed by atoms with Crippen molar-refractivity contribution in [3.63, 3.8) is 0 Å². The molecule has 1 N–H and O–H groups in total. The summed E-state index contributed by atoms with van der Waals surface area (Å²) in [6.45, 7) is 0.576. The number of nitriles is 1. The van der Waals surface area contributed by atoms with E-state index in [1.165, 1.54) is 4.68 Å². The third-order valence-electron chi connectivity index (χ3n) is 4.29. The molecule has 2 aromatic rings. The highest BCUT2D eigenvalue weighted by atomic mass is 127. The summed E-state index contributed by atoms with van der Waals surface area (Å²) in [5, 5.41) is 16.9. The van der Waals surface area contributed by atoms with Gasteiger partial charge in [-0.1, -0.05) is 11.6 Å². The minimum absolute atomic E-state index is 0.0542. The summed E-state index contributed by atoms with van der Waals surface area (Å²) in [5.74, 6) is -0.291. The summed E-state index contributed by atoms with van der Waals surface area (Å²) < 4.78 is 23.3. The highest BCUT2D eigenvalue weighted by Gasteiger charge is 2.49. The first-order valence-electron chi connectivity index (χ1n) is 7.03. The van der Waals surface area contributed by atoms with Gasteiger partial charge in [0.1, 0.15) is 27.9 Å². The van der Waals surface area contributed by atoms with Crippen LogP contribution in [0.3, 0.4) is 0 Å². The zero-order valence-electron chi connectivity index (χ0n) is 12.1. The maximum absolute atomic E-state index is 14.9. The van der Waals surface area contributed by atoms with E-state index < -0.39 is 5.82 Å². The summed E-state index contributed by atoms with van der Waals surface area (Å²) >= 11 is 8.28. The Bertz CT molecular complexity index is 865. The van der Waals surface area contributed by atoms with Gasteiger partial charge in [0.15, 0.2) is 11.6 Å². The van der Waals surface area contributed by atoms with Gasteiger partial charge >= 0.3 is 0 Å². The Morgan fingerprint density at radius 3 is 2.87 bits per heavy atom. The van der Waals surface area contributed by atoms with E-state index in [2.05, 4.69) is 39.1 Å². The molecule has 1 saturated carbocycles. The lowest BCUT2D eigenvalue weighted by Gasteiger charge is -2.30. The highest BCUT2D eigenvalue weighted by molar-refractivity contribution is 14.1. The van der Waals surface area contributed by atoms with E-state index in [0.717, 1.165) is 16.4 Å². The van der Waals surface area contributed by atoms with Crippen LogP contribution in [0.25, 0.3) is 11.3 Å². The molecule has 0 bridgehead atoms. The minimum atomic E-state index is -0.633. The van der Waals surface area contributed by atoms with Gasteiger partial charge < -0.3 is 10.1 Å². The Labute approximate surface area is 150 Å². The van der Waals surface area contributed by atoms with Crippen LogP contribution in [0.4, 0.5) is 10.1 Å². The van der Waals surface area contributed by atoms with Crippen molar-refractivity contribution < 1.29 is 9.13 Å². The van der Waals surface area contributed by atoms with Gasteiger partial charge in [0.2, 0.25) is 0 Å². The standard InChI is InChI=1S/C15H11ClFIN4O/c1-22-13(8(18)5-21-22)9-7(4-19)14-12(10(16)11(9)17)20-6-15(23-14)2-3-15/h5,20H,2-3,6H2,1H3. The fraction of sp³-hybridized carbons (Fsp3) is 0.333. The normalized spacial score (nSPS) is 17.2. The molecule has 1 spiro atoms. The number of halogens is 3. The van der Waals surface area contributed by atoms with E-state index in [9.17, 15) is 9.65 Å². The van der Waals surface area contributed by atoms with Crippen molar-refractivity contribution in [2.75, 3.05) is 11.9 Å².